The van der Waals surface area contributed by atoms with Gasteiger partial charge >= 0.3 is 0 Å². The topological polar surface area (TPSA) is 53.5 Å². The van der Waals surface area contributed by atoms with Crippen LogP contribution in [-0.4, -0.2) is 42.7 Å². The molecule has 0 bridgehead atoms. The van der Waals surface area contributed by atoms with Crippen LogP contribution in [0.5, 0.6) is 0 Å². The van der Waals surface area contributed by atoms with Crippen LogP contribution < -0.4 is 0 Å². The first-order valence-corrected chi connectivity index (χ1v) is 7.03. The Hall–Kier alpha value is -0.980. The van der Waals surface area contributed by atoms with E-state index in [-0.39, 0.29) is 6.04 Å². The zero-order valence-electron chi connectivity index (χ0n) is 10.1. The smallest absolute Gasteiger partial charge is 0.260 e. The van der Waals surface area contributed by atoms with E-state index in [0.29, 0.717) is 6.54 Å². The van der Waals surface area contributed by atoms with Gasteiger partial charge in [0.05, 0.1) is 11.7 Å². The Balaban J connectivity index is 2.31. The monoisotopic (exact) mass is 255 g/mol. The summed E-state index contributed by atoms with van der Waals surface area (Å²) in [4.78, 5) is 4.26. The van der Waals surface area contributed by atoms with Crippen molar-refractivity contribution in [2.24, 2.45) is 0 Å². The molecule has 1 aliphatic heterocycles. The lowest BCUT2D eigenvalue weighted by Gasteiger charge is -2.26. The Labute approximate surface area is 102 Å². The third-order valence-electron chi connectivity index (χ3n) is 2.99. The lowest BCUT2D eigenvalue weighted by atomic mass is 10.1. The summed E-state index contributed by atoms with van der Waals surface area (Å²) < 4.78 is 27.1. The van der Waals surface area contributed by atoms with Crippen molar-refractivity contribution >= 4 is 10.2 Å². The first-order valence-electron chi connectivity index (χ1n) is 5.63. The van der Waals surface area contributed by atoms with E-state index < -0.39 is 10.2 Å². The lowest BCUT2D eigenvalue weighted by molar-refractivity contribution is 0.358. The molecule has 1 aliphatic rings. The van der Waals surface area contributed by atoms with Crippen molar-refractivity contribution in [1.82, 2.24) is 13.6 Å². The number of hydrogen-bond acceptors (Lipinski definition) is 3. The molecular weight excluding hydrogens is 238 g/mol. The SMILES string of the molecule is CN(C)S(=O)(=O)N1CCCC1c1ccccn1. The van der Waals surface area contributed by atoms with Gasteiger partial charge in [0.25, 0.3) is 10.2 Å². The Kier molecular flexibility index (Phi) is 3.46. The molecule has 0 aliphatic carbocycles. The molecule has 0 amide bonds. The fraction of sp³-hybridized carbons (Fsp3) is 0.545. The van der Waals surface area contributed by atoms with Gasteiger partial charge in [0.15, 0.2) is 0 Å². The van der Waals surface area contributed by atoms with Gasteiger partial charge in [-0.2, -0.15) is 17.0 Å². The van der Waals surface area contributed by atoms with E-state index in [1.807, 2.05) is 18.2 Å². The van der Waals surface area contributed by atoms with E-state index >= 15 is 0 Å². The largest absolute Gasteiger partial charge is 0.282 e. The van der Waals surface area contributed by atoms with Crippen LogP contribution in [0.4, 0.5) is 0 Å². The second kappa shape index (κ2) is 4.72. The molecule has 0 aromatic carbocycles. The van der Waals surface area contributed by atoms with E-state index in [9.17, 15) is 8.42 Å². The molecule has 1 saturated heterocycles. The molecule has 0 radical (unpaired) electrons. The van der Waals surface area contributed by atoms with E-state index in [2.05, 4.69) is 4.98 Å². The minimum Gasteiger partial charge on any atom is -0.260 e. The molecule has 17 heavy (non-hydrogen) atoms. The van der Waals surface area contributed by atoms with Gasteiger partial charge in [-0.1, -0.05) is 6.07 Å². The van der Waals surface area contributed by atoms with E-state index in [0.717, 1.165) is 18.5 Å². The van der Waals surface area contributed by atoms with Gasteiger partial charge in [-0.15, -0.1) is 0 Å². The summed E-state index contributed by atoms with van der Waals surface area (Å²) in [7, 11) is -0.230. The van der Waals surface area contributed by atoms with Gasteiger partial charge in [0, 0.05) is 26.8 Å². The molecule has 6 heteroatoms. The first-order chi connectivity index (χ1) is 8.03. The third-order valence-corrected chi connectivity index (χ3v) is 4.94. The zero-order valence-corrected chi connectivity index (χ0v) is 10.9. The maximum absolute atomic E-state index is 12.1. The quantitative estimate of drug-likeness (QED) is 0.810. The fourth-order valence-corrected chi connectivity index (χ4v) is 3.41. The molecule has 94 valence electrons. The van der Waals surface area contributed by atoms with Crippen molar-refractivity contribution < 1.29 is 8.42 Å². The van der Waals surface area contributed by atoms with Crippen molar-refractivity contribution in [2.45, 2.75) is 18.9 Å². The van der Waals surface area contributed by atoms with Gasteiger partial charge in [-0.3, -0.25) is 4.98 Å². The Morgan fingerprint density at radius 3 is 2.76 bits per heavy atom. The fourth-order valence-electron chi connectivity index (χ4n) is 2.09. The molecule has 1 fully saturated rings. The molecule has 0 N–H and O–H groups in total. The summed E-state index contributed by atoms with van der Waals surface area (Å²) in [5, 5.41) is 0. The average molecular weight is 255 g/mol. The van der Waals surface area contributed by atoms with Crippen LogP contribution in [0.2, 0.25) is 0 Å². The van der Waals surface area contributed by atoms with Crippen LogP contribution >= 0.6 is 0 Å². The second-order valence-corrected chi connectivity index (χ2v) is 6.41. The van der Waals surface area contributed by atoms with Crippen molar-refractivity contribution in [3.05, 3.63) is 30.1 Å². The first kappa shape index (κ1) is 12.5. The number of aromatic nitrogens is 1. The van der Waals surface area contributed by atoms with Crippen molar-refractivity contribution in [3.8, 4) is 0 Å². The average Bonchev–Trinajstić information content (AvgIpc) is 2.79. The molecular formula is C11H17N3O2S. The summed E-state index contributed by atoms with van der Waals surface area (Å²) in [6, 6.07) is 5.49. The van der Waals surface area contributed by atoms with Crippen LogP contribution in [0.3, 0.4) is 0 Å². The van der Waals surface area contributed by atoms with E-state index in [1.54, 1.807) is 20.3 Å². The van der Waals surface area contributed by atoms with Gasteiger partial charge < -0.3 is 0 Å². The Bertz CT molecular complexity index is 473. The molecule has 5 nitrogen and oxygen atoms in total. The van der Waals surface area contributed by atoms with Crippen molar-refractivity contribution in [2.75, 3.05) is 20.6 Å². The van der Waals surface area contributed by atoms with Gasteiger partial charge in [-0.05, 0) is 25.0 Å². The minimum absolute atomic E-state index is 0.122. The number of rotatable bonds is 3. The minimum atomic E-state index is -3.35. The normalized spacial score (nSPS) is 22.2. The molecule has 1 unspecified atom stereocenters. The molecule has 0 spiro atoms. The highest BCUT2D eigenvalue weighted by atomic mass is 32.2. The van der Waals surface area contributed by atoms with Crippen LogP contribution in [0.25, 0.3) is 0 Å². The summed E-state index contributed by atoms with van der Waals surface area (Å²) in [6.45, 7) is 0.571. The highest BCUT2D eigenvalue weighted by molar-refractivity contribution is 7.86. The standard InChI is InChI=1S/C11H17N3O2S/c1-13(2)17(15,16)14-9-5-7-11(14)10-6-3-4-8-12-10/h3-4,6,8,11H,5,7,9H2,1-2H3. The van der Waals surface area contributed by atoms with Crippen molar-refractivity contribution in [1.29, 1.82) is 0 Å². The highest BCUT2D eigenvalue weighted by Crippen LogP contribution is 2.33. The number of nitrogens with zero attached hydrogens (tertiary/aromatic N) is 3. The summed E-state index contributed by atoms with van der Waals surface area (Å²) >= 11 is 0. The summed E-state index contributed by atoms with van der Waals surface area (Å²) in [5.74, 6) is 0. The predicted octanol–water partition coefficient (Wildman–Crippen LogP) is 1.02. The molecule has 2 heterocycles. The number of pyridine rings is 1. The third kappa shape index (κ3) is 2.34. The molecule has 1 aromatic rings. The molecule has 1 aromatic heterocycles. The lowest BCUT2D eigenvalue weighted by Crippen LogP contribution is -2.39. The Morgan fingerprint density at radius 1 is 1.41 bits per heavy atom. The number of hydrogen-bond donors (Lipinski definition) is 0. The van der Waals surface area contributed by atoms with Crippen LogP contribution in [0.15, 0.2) is 24.4 Å². The van der Waals surface area contributed by atoms with Gasteiger partial charge in [0.1, 0.15) is 0 Å². The van der Waals surface area contributed by atoms with Gasteiger partial charge in [-0.25, -0.2) is 0 Å². The van der Waals surface area contributed by atoms with Crippen LogP contribution in [0.1, 0.15) is 24.6 Å². The Morgan fingerprint density at radius 2 is 2.18 bits per heavy atom. The van der Waals surface area contributed by atoms with E-state index in [1.165, 1.54) is 8.61 Å². The zero-order chi connectivity index (χ0) is 12.5. The van der Waals surface area contributed by atoms with Gasteiger partial charge in [0.2, 0.25) is 0 Å². The van der Waals surface area contributed by atoms with E-state index in [4.69, 9.17) is 0 Å². The highest BCUT2D eigenvalue weighted by Gasteiger charge is 2.36. The van der Waals surface area contributed by atoms with Crippen LogP contribution in [0, 0.1) is 0 Å². The summed E-state index contributed by atoms with van der Waals surface area (Å²) in [6.07, 6.45) is 3.42. The van der Waals surface area contributed by atoms with Crippen molar-refractivity contribution in [3.63, 3.8) is 0 Å². The second-order valence-electron chi connectivity index (χ2n) is 4.31. The van der Waals surface area contributed by atoms with Crippen LogP contribution in [-0.2, 0) is 10.2 Å². The maximum Gasteiger partial charge on any atom is 0.282 e. The summed E-state index contributed by atoms with van der Waals surface area (Å²) in [5.41, 5.74) is 0.829. The maximum atomic E-state index is 12.1. The molecule has 2 rings (SSSR count). The molecule has 1 atom stereocenters. The molecule has 0 saturated carbocycles. The predicted molar refractivity (Wildman–Crippen MR) is 65.5 cm³/mol.